The summed E-state index contributed by atoms with van der Waals surface area (Å²) in [5, 5.41) is 14.7. The fourth-order valence-electron chi connectivity index (χ4n) is 3.14. The number of ether oxygens (including phenoxy) is 2. The Kier molecular flexibility index (Phi) is 5.40. The molecule has 0 aliphatic carbocycles. The van der Waals surface area contributed by atoms with Crippen molar-refractivity contribution in [2.24, 2.45) is 0 Å². The molecule has 1 N–H and O–H groups in total. The van der Waals surface area contributed by atoms with Crippen LogP contribution in [0.1, 0.15) is 12.8 Å². The molecule has 1 aliphatic rings. The lowest BCUT2D eigenvalue weighted by atomic mass is 10.0. The SMILES string of the molecule is COc1cc(NC2CCN(c3ncccc3[N+](=O)[O-])CC2)cc(OC)c1. The van der Waals surface area contributed by atoms with Crippen molar-refractivity contribution in [3.05, 3.63) is 46.6 Å². The summed E-state index contributed by atoms with van der Waals surface area (Å²) in [7, 11) is 3.24. The molecule has 1 fully saturated rings. The lowest BCUT2D eigenvalue weighted by Crippen LogP contribution is -2.39. The van der Waals surface area contributed by atoms with Gasteiger partial charge in [0.1, 0.15) is 11.5 Å². The van der Waals surface area contributed by atoms with Crippen LogP contribution in [0.25, 0.3) is 0 Å². The summed E-state index contributed by atoms with van der Waals surface area (Å²) in [6.45, 7) is 1.41. The van der Waals surface area contributed by atoms with E-state index >= 15 is 0 Å². The van der Waals surface area contributed by atoms with Crippen molar-refractivity contribution in [2.45, 2.75) is 18.9 Å². The summed E-state index contributed by atoms with van der Waals surface area (Å²) in [4.78, 5) is 17.0. The second-order valence-electron chi connectivity index (χ2n) is 6.11. The number of piperidine rings is 1. The highest BCUT2D eigenvalue weighted by Gasteiger charge is 2.25. The Morgan fingerprint density at radius 3 is 2.42 bits per heavy atom. The molecule has 2 heterocycles. The van der Waals surface area contributed by atoms with Crippen molar-refractivity contribution in [1.82, 2.24) is 4.98 Å². The van der Waals surface area contributed by atoms with Gasteiger partial charge in [-0.15, -0.1) is 0 Å². The Bertz CT molecular complexity index is 753. The van der Waals surface area contributed by atoms with Crippen molar-refractivity contribution in [2.75, 3.05) is 37.5 Å². The first-order chi connectivity index (χ1) is 12.6. The third-order valence-electron chi connectivity index (χ3n) is 4.48. The van der Waals surface area contributed by atoms with Gasteiger partial charge in [-0.3, -0.25) is 10.1 Å². The molecule has 0 amide bonds. The Balaban J connectivity index is 1.65. The zero-order valence-electron chi connectivity index (χ0n) is 14.8. The number of rotatable bonds is 6. The van der Waals surface area contributed by atoms with Gasteiger partial charge in [-0.25, -0.2) is 4.98 Å². The van der Waals surface area contributed by atoms with Crippen molar-refractivity contribution in [3.8, 4) is 11.5 Å². The van der Waals surface area contributed by atoms with Crippen LogP contribution in [-0.4, -0.2) is 43.3 Å². The van der Waals surface area contributed by atoms with Gasteiger partial charge in [0.25, 0.3) is 0 Å². The minimum Gasteiger partial charge on any atom is -0.497 e. The lowest BCUT2D eigenvalue weighted by molar-refractivity contribution is -0.384. The number of benzene rings is 1. The van der Waals surface area contributed by atoms with Gasteiger partial charge in [0, 0.05) is 55.3 Å². The fraction of sp³-hybridized carbons (Fsp3) is 0.389. The van der Waals surface area contributed by atoms with E-state index in [0.717, 1.165) is 30.0 Å². The van der Waals surface area contributed by atoms with Crippen LogP contribution in [0, 0.1) is 10.1 Å². The van der Waals surface area contributed by atoms with Crippen molar-refractivity contribution >= 4 is 17.2 Å². The highest BCUT2D eigenvalue weighted by atomic mass is 16.6. The molecule has 1 aromatic carbocycles. The standard InChI is InChI=1S/C18H22N4O4/c1-25-15-10-14(11-16(12-15)26-2)20-13-5-8-21(9-6-13)18-17(22(23)24)4-3-7-19-18/h3-4,7,10-13,20H,5-6,8-9H2,1-2H3. The molecule has 0 saturated carbocycles. The van der Waals surface area contributed by atoms with Crippen LogP contribution >= 0.6 is 0 Å². The summed E-state index contributed by atoms with van der Waals surface area (Å²) in [5.74, 6) is 1.90. The summed E-state index contributed by atoms with van der Waals surface area (Å²) in [6.07, 6.45) is 3.30. The molecule has 26 heavy (non-hydrogen) atoms. The van der Waals surface area contributed by atoms with Crippen molar-refractivity contribution in [3.63, 3.8) is 0 Å². The number of aromatic nitrogens is 1. The van der Waals surface area contributed by atoms with Crippen LogP contribution in [0.4, 0.5) is 17.2 Å². The van der Waals surface area contributed by atoms with Crippen LogP contribution in [0.15, 0.2) is 36.5 Å². The molecule has 8 nitrogen and oxygen atoms in total. The molecule has 0 spiro atoms. The molecule has 0 atom stereocenters. The second kappa shape index (κ2) is 7.90. The smallest absolute Gasteiger partial charge is 0.311 e. The van der Waals surface area contributed by atoms with E-state index in [9.17, 15) is 10.1 Å². The zero-order chi connectivity index (χ0) is 18.5. The monoisotopic (exact) mass is 358 g/mol. The van der Waals surface area contributed by atoms with Gasteiger partial charge in [0.2, 0.25) is 5.82 Å². The fourth-order valence-corrected chi connectivity index (χ4v) is 3.14. The maximum atomic E-state index is 11.2. The normalized spacial score (nSPS) is 14.8. The summed E-state index contributed by atoms with van der Waals surface area (Å²) in [5.41, 5.74) is 0.986. The number of hydrogen-bond donors (Lipinski definition) is 1. The first kappa shape index (κ1) is 17.8. The van der Waals surface area contributed by atoms with Crippen molar-refractivity contribution < 1.29 is 14.4 Å². The largest absolute Gasteiger partial charge is 0.497 e. The van der Waals surface area contributed by atoms with E-state index in [1.165, 1.54) is 6.07 Å². The van der Waals surface area contributed by atoms with Gasteiger partial charge in [0.05, 0.1) is 19.1 Å². The molecule has 1 aliphatic heterocycles. The van der Waals surface area contributed by atoms with E-state index < -0.39 is 0 Å². The number of nitro groups is 1. The molecular weight excluding hydrogens is 336 g/mol. The summed E-state index contributed by atoms with van der Waals surface area (Å²) in [6, 6.07) is 9.04. The number of nitrogens with one attached hydrogen (secondary N) is 1. The molecule has 0 radical (unpaired) electrons. The number of hydrogen-bond acceptors (Lipinski definition) is 7. The van der Waals surface area contributed by atoms with E-state index in [4.69, 9.17) is 9.47 Å². The first-order valence-electron chi connectivity index (χ1n) is 8.44. The highest BCUT2D eigenvalue weighted by Crippen LogP contribution is 2.30. The van der Waals surface area contributed by atoms with Crippen molar-refractivity contribution in [1.29, 1.82) is 0 Å². The highest BCUT2D eigenvalue weighted by molar-refractivity contribution is 5.58. The van der Waals surface area contributed by atoms with Crippen LogP contribution in [0.3, 0.4) is 0 Å². The zero-order valence-corrected chi connectivity index (χ0v) is 14.8. The molecule has 3 rings (SSSR count). The Morgan fingerprint density at radius 2 is 1.85 bits per heavy atom. The van der Waals surface area contributed by atoms with Gasteiger partial charge >= 0.3 is 5.69 Å². The van der Waals surface area contributed by atoms with Crippen LogP contribution in [0.5, 0.6) is 11.5 Å². The first-order valence-corrected chi connectivity index (χ1v) is 8.44. The van der Waals surface area contributed by atoms with E-state index in [2.05, 4.69) is 10.3 Å². The minimum atomic E-state index is -0.380. The molecule has 0 bridgehead atoms. The second-order valence-corrected chi connectivity index (χ2v) is 6.11. The summed E-state index contributed by atoms with van der Waals surface area (Å²) < 4.78 is 10.6. The third kappa shape index (κ3) is 3.96. The lowest BCUT2D eigenvalue weighted by Gasteiger charge is -2.33. The van der Waals surface area contributed by atoms with Gasteiger partial charge < -0.3 is 19.7 Å². The van der Waals surface area contributed by atoms with Gasteiger partial charge in [-0.1, -0.05) is 0 Å². The topological polar surface area (TPSA) is 89.8 Å². The van der Waals surface area contributed by atoms with Gasteiger partial charge in [-0.05, 0) is 18.9 Å². The van der Waals surface area contributed by atoms with Crippen LogP contribution in [-0.2, 0) is 0 Å². The van der Waals surface area contributed by atoms with Gasteiger partial charge in [-0.2, -0.15) is 0 Å². The molecule has 1 saturated heterocycles. The predicted molar refractivity (Wildman–Crippen MR) is 99.3 cm³/mol. The van der Waals surface area contributed by atoms with Gasteiger partial charge in [0.15, 0.2) is 0 Å². The Hall–Kier alpha value is -3.03. The average molecular weight is 358 g/mol. The molecule has 1 aromatic heterocycles. The minimum absolute atomic E-state index is 0.0523. The quantitative estimate of drug-likeness (QED) is 0.627. The van der Waals surface area contributed by atoms with E-state index in [-0.39, 0.29) is 16.7 Å². The number of methoxy groups -OCH3 is 2. The van der Waals surface area contributed by atoms with Crippen LogP contribution < -0.4 is 19.7 Å². The summed E-state index contributed by atoms with van der Waals surface area (Å²) >= 11 is 0. The molecule has 138 valence electrons. The molecule has 2 aromatic rings. The molecule has 8 heteroatoms. The molecular formula is C18H22N4O4. The maximum Gasteiger partial charge on any atom is 0.311 e. The van der Waals surface area contributed by atoms with Crippen LogP contribution in [0.2, 0.25) is 0 Å². The van der Waals surface area contributed by atoms with E-state index in [1.54, 1.807) is 26.5 Å². The number of anilines is 2. The maximum absolute atomic E-state index is 11.2. The average Bonchev–Trinajstić information content (AvgIpc) is 2.68. The number of pyridine rings is 1. The third-order valence-corrected chi connectivity index (χ3v) is 4.48. The Labute approximate surface area is 151 Å². The number of nitrogens with zero attached hydrogens (tertiary/aromatic N) is 3. The Morgan fingerprint density at radius 1 is 1.19 bits per heavy atom. The van der Waals surface area contributed by atoms with E-state index in [1.807, 2.05) is 23.1 Å². The molecule has 0 unspecified atom stereocenters. The predicted octanol–water partition coefficient (Wildman–Crippen LogP) is 3.09. The van der Waals surface area contributed by atoms with E-state index in [0.29, 0.717) is 18.9 Å².